The van der Waals surface area contributed by atoms with E-state index < -0.39 is 0 Å². The molecule has 1 aromatic rings. The first-order valence-electron chi connectivity index (χ1n) is 1.98. The molecule has 2 nitrogen and oxygen atoms in total. The summed E-state index contributed by atoms with van der Waals surface area (Å²) < 4.78 is 0. The Morgan fingerprint density at radius 2 is 2.25 bits per heavy atom. The first-order chi connectivity index (χ1) is 3.39. The van der Waals surface area contributed by atoms with Crippen LogP contribution in [0.5, 0.6) is 5.75 Å². The molecular weight excluding hydrogens is 231 g/mol. The summed E-state index contributed by atoms with van der Waals surface area (Å²) in [5.41, 5.74) is 0. The molecule has 1 heterocycles. The van der Waals surface area contributed by atoms with Crippen LogP contribution >= 0.6 is 0 Å². The van der Waals surface area contributed by atoms with Gasteiger partial charge in [0.15, 0.2) is 0 Å². The van der Waals surface area contributed by atoms with Gasteiger partial charge >= 0.3 is 0 Å². The van der Waals surface area contributed by atoms with Gasteiger partial charge in [-0.15, -0.1) is 0 Å². The minimum atomic E-state index is 0. The molecule has 0 aromatic carbocycles. The molecule has 0 saturated heterocycles. The Morgan fingerprint density at radius 3 is 2.50 bits per heavy atom. The third kappa shape index (κ3) is 2.58. The van der Waals surface area contributed by atoms with Crippen molar-refractivity contribution < 1.29 is 46.4 Å². The second-order valence-electron chi connectivity index (χ2n) is 1.21. The maximum absolute atomic E-state index is 8.57. The van der Waals surface area contributed by atoms with Crippen molar-refractivity contribution in [1.29, 1.82) is 0 Å². The first-order valence-corrected chi connectivity index (χ1v) is 1.98. The van der Waals surface area contributed by atoms with Crippen molar-refractivity contribution in [3.8, 4) is 5.75 Å². The Kier molecular flexibility index (Phi) is 4.38. The summed E-state index contributed by atoms with van der Waals surface area (Å²) in [6, 6.07) is 3.25. The molecule has 0 bridgehead atoms. The van der Waals surface area contributed by atoms with E-state index in [1.165, 1.54) is 6.20 Å². The monoisotopic (exact) mass is 236 g/mol. The van der Waals surface area contributed by atoms with Crippen LogP contribution in [0.1, 0.15) is 0 Å². The molecule has 0 aliphatic heterocycles. The van der Waals surface area contributed by atoms with E-state index in [9.17, 15) is 0 Å². The number of pyridine rings is 1. The van der Waals surface area contributed by atoms with Crippen molar-refractivity contribution in [3.63, 3.8) is 0 Å². The largest absolute Gasteiger partial charge is 0.506 e. The summed E-state index contributed by atoms with van der Waals surface area (Å²) in [6.45, 7) is 0. The molecule has 1 aromatic heterocycles. The molecule has 1 rings (SSSR count). The topological polar surface area (TPSA) is 33.1 Å². The van der Waals surface area contributed by atoms with Crippen LogP contribution < -0.4 is 0 Å². The summed E-state index contributed by atoms with van der Waals surface area (Å²) in [4.78, 5) is 3.63. The zero-order valence-electron chi connectivity index (χ0n) is 4.28. The van der Waals surface area contributed by atoms with Crippen LogP contribution in [-0.4, -0.2) is 10.1 Å². The van der Waals surface area contributed by atoms with Gasteiger partial charge in [0.25, 0.3) is 0 Å². The van der Waals surface area contributed by atoms with Crippen LogP contribution in [0.15, 0.2) is 24.5 Å². The average molecular weight is 236 g/mol. The minimum absolute atomic E-state index is 0. The van der Waals surface area contributed by atoms with Crippen LogP contribution in [0, 0.1) is 41.3 Å². The van der Waals surface area contributed by atoms with Gasteiger partial charge in [-0.25, -0.2) is 0 Å². The standard InChI is InChI=1S/C5H5NO.Pr/c7-5-2-1-3-6-4-5;/h1-4,7H;. The normalized spacial score (nSPS) is 7.50. The van der Waals surface area contributed by atoms with E-state index in [0.717, 1.165) is 0 Å². The fourth-order valence-electron chi connectivity index (χ4n) is 0.354. The van der Waals surface area contributed by atoms with Gasteiger partial charge in [-0.05, 0) is 12.1 Å². The summed E-state index contributed by atoms with van der Waals surface area (Å²) in [6.07, 6.45) is 3.00. The zero-order chi connectivity index (χ0) is 5.11. The van der Waals surface area contributed by atoms with Gasteiger partial charge in [-0.2, -0.15) is 0 Å². The third-order valence-electron chi connectivity index (χ3n) is 0.646. The third-order valence-corrected chi connectivity index (χ3v) is 0.646. The van der Waals surface area contributed by atoms with Crippen molar-refractivity contribution in [1.82, 2.24) is 4.98 Å². The quantitative estimate of drug-likeness (QED) is 0.722. The van der Waals surface area contributed by atoms with Crippen LogP contribution in [-0.2, 0) is 0 Å². The van der Waals surface area contributed by atoms with Crippen molar-refractivity contribution in [2.75, 3.05) is 0 Å². The van der Waals surface area contributed by atoms with E-state index in [1.807, 2.05) is 0 Å². The van der Waals surface area contributed by atoms with Crippen LogP contribution in [0.3, 0.4) is 0 Å². The number of nitrogens with zero attached hydrogens (tertiary/aromatic N) is 1. The molecule has 0 saturated carbocycles. The molecule has 0 fully saturated rings. The molecule has 1 radical (unpaired) electrons. The maximum Gasteiger partial charge on any atom is 0.133 e. The van der Waals surface area contributed by atoms with Crippen LogP contribution in [0.4, 0.5) is 0 Å². The minimum Gasteiger partial charge on any atom is -0.506 e. The van der Waals surface area contributed by atoms with Crippen molar-refractivity contribution in [2.24, 2.45) is 0 Å². The van der Waals surface area contributed by atoms with E-state index in [-0.39, 0.29) is 47.0 Å². The molecule has 39 valence electrons. The maximum atomic E-state index is 8.57. The average Bonchev–Trinajstić information content (AvgIpc) is 1.69. The molecule has 0 amide bonds. The van der Waals surface area contributed by atoms with Crippen molar-refractivity contribution >= 4 is 0 Å². The molecule has 0 unspecified atom stereocenters. The molecule has 0 spiro atoms. The molecule has 8 heavy (non-hydrogen) atoms. The molecular formula is C5H5NOPr. The summed E-state index contributed by atoms with van der Waals surface area (Å²) in [7, 11) is 0. The number of aromatic hydroxyl groups is 1. The Labute approximate surface area is 80.9 Å². The predicted octanol–water partition coefficient (Wildman–Crippen LogP) is 0.787. The van der Waals surface area contributed by atoms with Crippen LogP contribution in [0.2, 0.25) is 0 Å². The predicted molar refractivity (Wildman–Crippen MR) is 25.9 cm³/mol. The Morgan fingerprint density at radius 1 is 1.50 bits per heavy atom. The zero-order valence-corrected chi connectivity index (χ0v) is 7.99. The van der Waals surface area contributed by atoms with Gasteiger partial charge in [0, 0.05) is 47.5 Å². The molecule has 0 aliphatic carbocycles. The number of rotatable bonds is 0. The Bertz CT molecular complexity index is 142. The molecule has 3 heteroatoms. The molecule has 0 atom stereocenters. The SMILES string of the molecule is Oc1cccnc1.[Pr]. The van der Waals surface area contributed by atoms with E-state index in [0.29, 0.717) is 0 Å². The summed E-state index contributed by atoms with van der Waals surface area (Å²) in [5, 5.41) is 8.57. The van der Waals surface area contributed by atoms with Gasteiger partial charge in [-0.3, -0.25) is 4.98 Å². The van der Waals surface area contributed by atoms with Gasteiger partial charge in [0.2, 0.25) is 0 Å². The molecule has 0 aliphatic rings. The fraction of sp³-hybridized carbons (Fsp3) is 0. The van der Waals surface area contributed by atoms with Gasteiger partial charge < -0.3 is 5.11 Å². The summed E-state index contributed by atoms with van der Waals surface area (Å²) >= 11 is 0. The van der Waals surface area contributed by atoms with Crippen molar-refractivity contribution in [3.05, 3.63) is 24.5 Å². The fourth-order valence-corrected chi connectivity index (χ4v) is 0.354. The number of hydrogen-bond donors (Lipinski definition) is 1. The Hall–Kier alpha value is 0.314. The van der Waals surface area contributed by atoms with Crippen LogP contribution in [0.25, 0.3) is 0 Å². The van der Waals surface area contributed by atoms with Gasteiger partial charge in [-0.1, -0.05) is 0 Å². The van der Waals surface area contributed by atoms with E-state index in [4.69, 9.17) is 5.11 Å². The smallest absolute Gasteiger partial charge is 0.133 e. The van der Waals surface area contributed by atoms with E-state index in [2.05, 4.69) is 4.98 Å². The summed E-state index contributed by atoms with van der Waals surface area (Å²) in [5.74, 6) is 0.211. The Balaban J connectivity index is 0.000000490. The number of hydrogen-bond acceptors (Lipinski definition) is 2. The van der Waals surface area contributed by atoms with Gasteiger partial charge in [0.05, 0.1) is 6.20 Å². The first kappa shape index (κ1) is 8.31. The second-order valence-corrected chi connectivity index (χ2v) is 1.21. The van der Waals surface area contributed by atoms with Crippen molar-refractivity contribution in [2.45, 2.75) is 0 Å². The van der Waals surface area contributed by atoms with E-state index in [1.54, 1.807) is 18.3 Å². The second kappa shape index (κ2) is 4.22. The number of aromatic nitrogens is 1. The molecule has 1 N–H and O–H groups in total. The van der Waals surface area contributed by atoms with E-state index >= 15 is 0 Å². The van der Waals surface area contributed by atoms with Gasteiger partial charge in [0.1, 0.15) is 5.75 Å².